The highest BCUT2D eigenvalue weighted by Gasteiger charge is 2.28. The number of hydrogen-bond donors (Lipinski definition) is 1. The Labute approximate surface area is 101 Å². The van der Waals surface area contributed by atoms with Crippen molar-refractivity contribution in [2.24, 2.45) is 16.7 Å². The first-order valence-electron chi connectivity index (χ1n) is 5.75. The number of aliphatic hydroxyl groups excluding tert-OH is 1. The van der Waals surface area contributed by atoms with Gasteiger partial charge < -0.3 is 5.11 Å². The van der Waals surface area contributed by atoms with E-state index in [0.29, 0.717) is 0 Å². The van der Waals surface area contributed by atoms with Crippen molar-refractivity contribution in [2.45, 2.75) is 54.6 Å². The van der Waals surface area contributed by atoms with Crippen LogP contribution in [0.1, 0.15) is 48.5 Å². The van der Waals surface area contributed by atoms with Gasteiger partial charge in [-0.3, -0.25) is 0 Å². The lowest BCUT2D eigenvalue weighted by molar-refractivity contribution is 0.116. The second-order valence-corrected chi connectivity index (χ2v) is 5.85. The molecule has 0 aliphatic rings. The fourth-order valence-electron chi connectivity index (χ4n) is 1.25. The first-order valence-corrected chi connectivity index (χ1v) is 5.75. The molecule has 0 bridgehead atoms. The smallest absolute Gasteiger partial charge is 0.118 e. The summed E-state index contributed by atoms with van der Waals surface area (Å²) in [6.07, 6.45) is -0.616. The summed E-state index contributed by atoms with van der Waals surface area (Å²) in [7, 11) is 0. The molecule has 0 rings (SSSR count). The van der Waals surface area contributed by atoms with Crippen molar-refractivity contribution >= 4 is 0 Å². The van der Waals surface area contributed by atoms with Crippen molar-refractivity contribution < 1.29 is 5.11 Å². The van der Waals surface area contributed by atoms with Crippen LogP contribution in [0.2, 0.25) is 0 Å². The van der Waals surface area contributed by atoms with Gasteiger partial charge >= 0.3 is 0 Å². The maximum Gasteiger partial charge on any atom is 0.118 e. The van der Waals surface area contributed by atoms with Crippen LogP contribution in [0.4, 0.5) is 0 Å². The molecule has 90 valence electrons. The van der Waals surface area contributed by atoms with Crippen LogP contribution in [0.15, 0.2) is 0 Å². The molecule has 0 spiro atoms. The monoisotopic (exact) mass is 220 g/mol. The highest BCUT2D eigenvalue weighted by molar-refractivity contribution is 5.16. The summed E-state index contributed by atoms with van der Waals surface area (Å²) in [6.45, 7) is 14.0. The first-order chi connectivity index (χ1) is 7.10. The molecule has 0 aliphatic heterocycles. The molecule has 0 aromatic carbocycles. The van der Waals surface area contributed by atoms with Gasteiger partial charge in [0.25, 0.3) is 0 Å². The quantitative estimate of drug-likeness (QED) is 0.709. The topological polar surface area (TPSA) is 20.2 Å². The van der Waals surface area contributed by atoms with Gasteiger partial charge in [-0.15, -0.1) is 5.92 Å². The van der Waals surface area contributed by atoms with Gasteiger partial charge in [0.15, 0.2) is 0 Å². The van der Waals surface area contributed by atoms with Gasteiger partial charge in [-0.05, 0) is 41.5 Å². The van der Waals surface area contributed by atoms with Crippen LogP contribution in [0.5, 0.6) is 0 Å². The number of aliphatic hydroxyl groups is 1. The van der Waals surface area contributed by atoms with E-state index in [0.717, 1.165) is 0 Å². The molecule has 0 fully saturated rings. The molecule has 0 heterocycles. The fraction of sp³-hybridized carbons (Fsp3) is 0.733. The van der Waals surface area contributed by atoms with E-state index in [1.165, 1.54) is 0 Å². The second kappa shape index (κ2) is 5.42. The Kier molecular flexibility index (Phi) is 5.11. The molecular weight excluding hydrogens is 196 g/mol. The number of rotatable bonds is 2. The summed E-state index contributed by atoms with van der Waals surface area (Å²) in [4.78, 5) is 0. The molecule has 1 N–H and O–H groups in total. The molecular formula is C15H24O. The molecule has 0 saturated heterocycles. The highest BCUT2D eigenvalue weighted by atomic mass is 16.3. The minimum absolute atomic E-state index is 0.0369. The zero-order valence-electron chi connectivity index (χ0n) is 11.6. The third-order valence-electron chi connectivity index (χ3n) is 2.65. The SMILES string of the molecule is CC#CC(C)(C)C(C)[C@H](O)C#CC(C)(C)C. The van der Waals surface area contributed by atoms with Crippen LogP contribution in [0.25, 0.3) is 0 Å². The molecule has 1 heteroatoms. The van der Waals surface area contributed by atoms with E-state index < -0.39 is 6.10 Å². The Hall–Kier alpha value is -0.920. The maximum atomic E-state index is 10.0. The Morgan fingerprint density at radius 1 is 1.00 bits per heavy atom. The van der Waals surface area contributed by atoms with Gasteiger partial charge in [-0.1, -0.05) is 24.7 Å². The highest BCUT2D eigenvalue weighted by Crippen LogP contribution is 2.28. The van der Waals surface area contributed by atoms with Crippen molar-refractivity contribution in [3.63, 3.8) is 0 Å². The van der Waals surface area contributed by atoms with E-state index in [1.54, 1.807) is 0 Å². The van der Waals surface area contributed by atoms with E-state index in [-0.39, 0.29) is 16.7 Å². The molecule has 1 unspecified atom stereocenters. The van der Waals surface area contributed by atoms with Crippen molar-refractivity contribution in [3.8, 4) is 23.7 Å². The molecule has 0 aliphatic carbocycles. The average Bonchev–Trinajstić information content (AvgIpc) is 2.11. The molecule has 0 aromatic rings. The van der Waals surface area contributed by atoms with E-state index >= 15 is 0 Å². The molecule has 16 heavy (non-hydrogen) atoms. The minimum atomic E-state index is -0.616. The second-order valence-electron chi connectivity index (χ2n) is 5.85. The Bertz CT molecular complexity index is 336. The summed E-state index contributed by atoms with van der Waals surface area (Å²) in [5, 5.41) is 10.0. The van der Waals surface area contributed by atoms with Crippen molar-refractivity contribution in [1.82, 2.24) is 0 Å². The lowest BCUT2D eigenvalue weighted by Gasteiger charge is -2.28. The van der Waals surface area contributed by atoms with Crippen LogP contribution >= 0.6 is 0 Å². The van der Waals surface area contributed by atoms with Gasteiger partial charge in [0.1, 0.15) is 6.10 Å². The Morgan fingerprint density at radius 2 is 1.50 bits per heavy atom. The normalized spacial score (nSPS) is 15.2. The van der Waals surface area contributed by atoms with E-state index in [1.807, 2.05) is 48.5 Å². The predicted octanol–water partition coefficient (Wildman–Crippen LogP) is 3.08. The van der Waals surface area contributed by atoms with E-state index in [4.69, 9.17) is 0 Å². The number of hydrogen-bond acceptors (Lipinski definition) is 1. The van der Waals surface area contributed by atoms with Crippen LogP contribution in [-0.4, -0.2) is 11.2 Å². The zero-order chi connectivity index (χ0) is 13.0. The van der Waals surface area contributed by atoms with E-state index in [2.05, 4.69) is 23.7 Å². The largest absolute Gasteiger partial charge is 0.380 e. The first kappa shape index (κ1) is 15.1. The summed E-state index contributed by atoms with van der Waals surface area (Å²) >= 11 is 0. The van der Waals surface area contributed by atoms with Gasteiger partial charge in [0, 0.05) is 16.7 Å². The zero-order valence-corrected chi connectivity index (χ0v) is 11.6. The van der Waals surface area contributed by atoms with Crippen LogP contribution in [0, 0.1) is 40.4 Å². The molecule has 0 aromatic heterocycles. The standard InChI is InChI=1S/C15H24O/c1-8-10-15(6,7)12(2)13(16)9-11-14(3,4)5/h12-13,16H,1-7H3/t12?,13-/m1/s1. The third-order valence-corrected chi connectivity index (χ3v) is 2.65. The van der Waals surface area contributed by atoms with Gasteiger partial charge in [0.05, 0.1) is 0 Å². The molecule has 0 saturated carbocycles. The Morgan fingerprint density at radius 3 is 1.88 bits per heavy atom. The van der Waals surface area contributed by atoms with Gasteiger partial charge in [0.2, 0.25) is 0 Å². The van der Waals surface area contributed by atoms with Crippen LogP contribution < -0.4 is 0 Å². The molecule has 0 amide bonds. The Balaban J connectivity index is 4.78. The lowest BCUT2D eigenvalue weighted by Crippen LogP contribution is -2.30. The predicted molar refractivity (Wildman–Crippen MR) is 69.6 cm³/mol. The molecule has 0 radical (unpaired) electrons. The van der Waals surface area contributed by atoms with Crippen molar-refractivity contribution in [1.29, 1.82) is 0 Å². The summed E-state index contributed by atoms with van der Waals surface area (Å²) in [5.74, 6) is 12.1. The van der Waals surface area contributed by atoms with Crippen molar-refractivity contribution in [3.05, 3.63) is 0 Å². The molecule has 1 nitrogen and oxygen atoms in total. The maximum absolute atomic E-state index is 10.0. The van der Waals surface area contributed by atoms with Crippen LogP contribution in [0.3, 0.4) is 0 Å². The van der Waals surface area contributed by atoms with Crippen molar-refractivity contribution in [2.75, 3.05) is 0 Å². The minimum Gasteiger partial charge on any atom is -0.380 e. The van der Waals surface area contributed by atoms with E-state index in [9.17, 15) is 5.11 Å². The third kappa shape index (κ3) is 5.24. The van der Waals surface area contributed by atoms with Gasteiger partial charge in [-0.2, -0.15) is 0 Å². The lowest BCUT2D eigenvalue weighted by atomic mass is 9.77. The fourth-order valence-corrected chi connectivity index (χ4v) is 1.25. The summed E-state index contributed by atoms with van der Waals surface area (Å²) < 4.78 is 0. The summed E-state index contributed by atoms with van der Waals surface area (Å²) in [6, 6.07) is 0. The summed E-state index contributed by atoms with van der Waals surface area (Å²) in [5.41, 5.74) is -0.276. The average molecular weight is 220 g/mol. The van der Waals surface area contributed by atoms with Crippen LogP contribution in [-0.2, 0) is 0 Å². The van der Waals surface area contributed by atoms with Gasteiger partial charge in [-0.25, -0.2) is 0 Å². The molecule has 2 atom stereocenters.